The number of aliphatic hydroxyl groups is 2. The van der Waals surface area contributed by atoms with Gasteiger partial charge in [0.1, 0.15) is 23.7 Å². The van der Waals surface area contributed by atoms with Gasteiger partial charge in [0.15, 0.2) is 0 Å². The highest BCUT2D eigenvalue weighted by Crippen LogP contribution is 2.45. The average Bonchev–Trinajstić information content (AvgIpc) is 3.24. The van der Waals surface area contributed by atoms with Crippen molar-refractivity contribution in [2.45, 2.75) is 57.0 Å². The Balaban J connectivity index is 1.67. The van der Waals surface area contributed by atoms with Gasteiger partial charge in [-0.15, -0.1) is 0 Å². The van der Waals surface area contributed by atoms with Gasteiger partial charge in [-0.1, -0.05) is 29.8 Å². The number of rotatable bonds is 6. The molecule has 4 unspecified atom stereocenters. The third-order valence-electron chi connectivity index (χ3n) is 5.76. The lowest BCUT2D eigenvalue weighted by atomic mass is 9.88. The minimum absolute atomic E-state index is 0.0148. The summed E-state index contributed by atoms with van der Waals surface area (Å²) in [5.74, 6) is 1.31. The summed E-state index contributed by atoms with van der Waals surface area (Å²) in [6, 6.07) is 9.50. The van der Waals surface area contributed by atoms with Crippen LogP contribution in [0.1, 0.15) is 41.7 Å². The maximum Gasteiger partial charge on any atom is 0.267 e. The summed E-state index contributed by atoms with van der Waals surface area (Å²) < 4.78 is 43.5. The van der Waals surface area contributed by atoms with Crippen LogP contribution in [0.25, 0.3) is 0 Å². The van der Waals surface area contributed by atoms with Gasteiger partial charge in [0, 0.05) is 18.4 Å². The van der Waals surface area contributed by atoms with Crippen molar-refractivity contribution in [3.05, 3.63) is 57.6 Å². The van der Waals surface area contributed by atoms with Gasteiger partial charge in [-0.2, -0.15) is 0 Å². The number of alkyl halides is 2. The molecular formula is C23H25ClF2O5. The van der Waals surface area contributed by atoms with Crippen LogP contribution in [0.15, 0.2) is 30.3 Å². The molecule has 0 aliphatic carbocycles. The van der Waals surface area contributed by atoms with E-state index in [2.05, 4.69) is 0 Å². The van der Waals surface area contributed by atoms with Gasteiger partial charge in [-0.25, -0.2) is 8.78 Å². The summed E-state index contributed by atoms with van der Waals surface area (Å²) in [4.78, 5) is 0. The Kier molecular flexibility index (Phi) is 6.67. The van der Waals surface area contributed by atoms with Crippen LogP contribution in [-0.2, 0) is 17.6 Å². The van der Waals surface area contributed by atoms with Crippen molar-refractivity contribution in [2.24, 2.45) is 0 Å². The first kappa shape index (κ1) is 22.3. The largest absolute Gasteiger partial charge is 0.494 e. The fourth-order valence-electron chi connectivity index (χ4n) is 4.23. The maximum absolute atomic E-state index is 13.4. The molecule has 0 saturated carbocycles. The van der Waals surface area contributed by atoms with Crippen molar-refractivity contribution in [3.63, 3.8) is 0 Å². The fourth-order valence-corrected chi connectivity index (χ4v) is 4.52. The number of aliphatic hydroxyl groups excluding tert-OH is 2. The van der Waals surface area contributed by atoms with Gasteiger partial charge < -0.3 is 24.4 Å². The van der Waals surface area contributed by atoms with E-state index in [0.29, 0.717) is 42.4 Å². The van der Waals surface area contributed by atoms with Crippen molar-refractivity contribution < 1.29 is 33.2 Å². The smallest absolute Gasteiger partial charge is 0.267 e. The molecule has 1 saturated heterocycles. The molecule has 0 bridgehead atoms. The van der Waals surface area contributed by atoms with E-state index >= 15 is 0 Å². The van der Waals surface area contributed by atoms with Gasteiger partial charge >= 0.3 is 0 Å². The van der Waals surface area contributed by atoms with Crippen LogP contribution in [0.5, 0.6) is 11.5 Å². The van der Waals surface area contributed by atoms with Gasteiger partial charge in [0.25, 0.3) is 6.43 Å². The summed E-state index contributed by atoms with van der Waals surface area (Å²) in [7, 11) is 0. The molecule has 2 aromatic carbocycles. The Labute approximate surface area is 184 Å². The Bertz CT molecular complexity index is 921. The Hall–Kier alpha value is -1.93. The van der Waals surface area contributed by atoms with Crippen molar-refractivity contribution in [2.75, 3.05) is 13.2 Å². The van der Waals surface area contributed by atoms with Crippen LogP contribution in [0, 0.1) is 0 Å². The van der Waals surface area contributed by atoms with E-state index in [1.807, 2.05) is 37.3 Å². The zero-order valence-corrected chi connectivity index (χ0v) is 17.8. The van der Waals surface area contributed by atoms with Gasteiger partial charge in [0.2, 0.25) is 0 Å². The normalized spacial score (nSPS) is 25.4. The first-order chi connectivity index (χ1) is 14.9. The number of fused-ring (bicyclic) bond motifs is 1. The lowest BCUT2D eigenvalue weighted by Crippen LogP contribution is -2.49. The topological polar surface area (TPSA) is 68.2 Å². The third-order valence-corrected chi connectivity index (χ3v) is 6.18. The van der Waals surface area contributed by atoms with E-state index in [1.54, 1.807) is 0 Å². The van der Waals surface area contributed by atoms with Crippen LogP contribution < -0.4 is 9.47 Å². The predicted octanol–water partition coefficient (Wildman–Crippen LogP) is 4.08. The van der Waals surface area contributed by atoms with Gasteiger partial charge in [-0.3, -0.25) is 0 Å². The molecule has 2 aliphatic rings. The molecule has 2 aromatic rings. The zero-order chi connectivity index (χ0) is 22.1. The molecule has 0 aromatic heterocycles. The molecule has 5 nitrogen and oxygen atoms in total. The van der Waals surface area contributed by atoms with Crippen LogP contribution in [0.2, 0.25) is 5.02 Å². The van der Waals surface area contributed by atoms with E-state index in [9.17, 15) is 19.0 Å². The molecule has 31 heavy (non-hydrogen) atoms. The first-order valence-electron chi connectivity index (χ1n) is 10.4. The molecule has 1 fully saturated rings. The second-order valence-electron chi connectivity index (χ2n) is 7.82. The minimum atomic E-state index is -2.91. The van der Waals surface area contributed by atoms with Crippen molar-refractivity contribution in [1.29, 1.82) is 0 Å². The highest BCUT2D eigenvalue weighted by Gasteiger charge is 2.43. The maximum atomic E-state index is 13.4. The number of benzene rings is 2. The molecule has 2 heterocycles. The number of hydrogen-bond donors (Lipinski definition) is 2. The van der Waals surface area contributed by atoms with Crippen molar-refractivity contribution in [1.82, 2.24) is 0 Å². The summed E-state index contributed by atoms with van der Waals surface area (Å²) in [6.45, 7) is 2.94. The number of halogens is 3. The Morgan fingerprint density at radius 3 is 2.65 bits per heavy atom. The second kappa shape index (κ2) is 9.28. The van der Waals surface area contributed by atoms with E-state index in [-0.39, 0.29) is 6.42 Å². The number of hydrogen-bond acceptors (Lipinski definition) is 5. The minimum Gasteiger partial charge on any atom is -0.494 e. The molecular weight excluding hydrogens is 430 g/mol. The summed E-state index contributed by atoms with van der Waals surface area (Å²) in [5, 5.41) is 20.6. The Morgan fingerprint density at radius 1 is 1.23 bits per heavy atom. The highest BCUT2D eigenvalue weighted by molar-refractivity contribution is 6.33. The molecule has 4 atom stereocenters. The van der Waals surface area contributed by atoms with E-state index < -0.39 is 30.8 Å². The molecule has 0 spiro atoms. The van der Waals surface area contributed by atoms with Crippen LogP contribution >= 0.6 is 11.6 Å². The van der Waals surface area contributed by atoms with E-state index in [0.717, 1.165) is 22.4 Å². The third kappa shape index (κ3) is 4.51. The summed E-state index contributed by atoms with van der Waals surface area (Å²) >= 11 is 6.63. The predicted molar refractivity (Wildman–Crippen MR) is 111 cm³/mol. The second-order valence-corrected chi connectivity index (χ2v) is 8.19. The van der Waals surface area contributed by atoms with E-state index in [4.69, 9.17) is 25.8 Å². The fraction of sp³-hybridized carbons (Fsp3) is 0.478. The lowest BCUT2D eigenvalue weighted by Gasteiger charge is -2.37. The summed E-state index contributed by atoms with van der Waals surface area (Å²) in [5.41, 5.74) is 3.26. The number of ether oxygens (including phenoxy) is 3. The molecule has 2 aliphatic heterocycles. The van der Waals surface area contributed by atoms with Crippen LogP contribution in [0.4, 0.5) is 8.78 Å². The van der Waals surface area contributed by atoms with Gasteiger partial charge in [-0.05, 0) is 42.2 Å². The van der Waals surface area contributed by atoms with Crippen molar-refractivity contribution >= 4 is 11.6 Å². The van der Waals surface area contributed by atoms with Gasteiger partial charge in [0.05, 0.1) is 30.4 Å². The van der Waals surface area contributed by atoms with Crippen LogP contribution in [0.3, 0.4) is 0 Å². The Morgan fingerprint density at radius 2 is 1.97 bits per heavy atom. The molecule has 2 N–H and O–H groups in total. The molecule has 168 valence electrons. The van der Waals surface area contributed by atoms with Crippen molar-refractivity contribution in [3.8, 4) is 11.5 Å². The summed E-state index contributed by atoms with van der Waals surface area (Å²) in [6.07, 6.45) is -7.29. The molecule has 0 radical (unpaired) electrons. The van der Waals surface area contributed by atoms with Crippen LogP contribution in [-0.4, -0.2) is 48.2 Å². The lowest BCUT2D eigenvalue weighted by molar-refractivity contribution is -0.209. The monoisotopic (exact) mass is 454 g/mol. The standard InChI is InChI=1S/C23H25ClF2O5/c1-2-29-14-5-3-12(4-6-14)9-13-10-16(15-7-8-30-21(15)19(13)24)18-11-17(27)20(28)22(31-18)23(25)26/h3-6,10,17-18,20,22-23,27-28H,2,7-9,11H2,1H3. The highest BCUT2D eigenvalue weighted by atomic mass is 35.5. The average molecular weight is 455 g/mol. The molecule has 0 amide bonds. The SMILES string of the molecule is CCOc1ccc(Cc2cc(C3CC(O)C(O)C(C(F)F)O3)c3c(c2Cl)OCC3)cc1. The molecule has 8 heteroatoms. The molecule has 4 rings (SSSR count). The van der Waals surface area contributed by atoms with E-state index in [1.165, 1.54) is 0 Å². The quantitative estimate of drug-likeness (QED) is 0.688. The first-order valence-corrected chi connectivity index (χ1v) is 10.7. The zero-order valence-electron chi connectivity index (χ0n) is 17.1.